The van der Waals surface area contributed by atoms with Gasteiger partial charge in [0.2, 0.25) is 0 Å². The predicted molar refractivity (Wildman–Crippen MR) is 167 cm³/mol. The van der Waals surface area contributed by atoms with E-state index < -0.39 is 0 Å². The summed E-state index contributed by atoms with van der Waals surface area (Å²) in [6, 6.07) is 58.6. The number of hydrogen-bond donors (Lipinski definition) is 0. The quantitative estimate of drug-likeness (QED) is 0.214. The molecule has 0 heterocycles. The normalized spacial score (nSPS) is 11.1. The van der Waals surface area contributed by atoms with Crippen LogP contribution < -0.4 is 4.90 Å². The second kappa shape index (κ2) is 9.96. The minimum Gasteiger partial charge on any atom is -0.310 e. The number of rotatable bonds is 5. The van der Waals surface area contributed by atoms with Gasteiger partial charge in [0.05, 0.1) is 0 Å². The van der Waals surface area contributed by atoms with E-state index in [2.05, 4.69) is 169 Å². The highest BCUT2D eigenvalue weighted by atomic mass is 15.1. The van der Waals surface area contributed by atoms with Crippen LogP contribution in [0.3, 0.4) is 0 Å². The van der Waals surface area contributed by atoms with Gasteiger partial charge in [0, 0.05) is 17.1 Å². The van der Waals surface area contributed by atoms with E-state index >= 15 is 0 Å². The first-order valence-corrected chi connectivity index (χ1v) is 13.4. The van der Waals surface area contributed by atoms with E-state index in [0.717, 1.165) is 17.1 Å². The van der Waals surface area contributed by atoms with Crippen molar-refractivity contribution in [2.75, 3.05) is 4.90 Å². The van der Waals surface area contributed by atoms with Crippen LogP contribution in [-0.2, 0) is 0 Å². The van der Waals surface area contributed by atoms with Crippen LogP contribution in [0.5, 0.6) is 0 Å². The van der Waals surface area contributed by atoms with Gasteiger partial charge in [-0.25, -0.2) is 0 Å². The first kappa shape index (κ1) is 23.0. The molecule has 7 aromatic rings. The molecule has 0 saturated carbocycles. The molecule has 0 unspecified atom stereocenters. The van der Waals surface area contributed by atoms with Crippen LogP contribution in [0.1, 0.15) is 0 Å². The van der Waals surface area contributed by atoms with Gasteiger partial charge < -0.3 is 4.90 Å². The van der Waals surface area contributed by atoms with Gasteiger partial charge in [0.15, 0.2) is 0 Å². The first-order chi connectivity index (χ1) is 19.3. The molecule has 1 nitrogen and oxygen atoms in total. The highest BCUT2D eigenvalue weighted by Crippen LogP contribution is 2.39. The Morgan fingerprint density at radius 2 is 0.872 bits per heavy atom. The third-order valence-corrected chi connectivity index (χ3v) is 7.43. The number of hydrogen-bond acceptors (Lipinski definition) is 1. The third-order valence-electron chi connectivity index (χ3n) is 7.43. The monoisotopic (exact) mass is 497 g/mol. The Labute approximate surface area is 229 Å². The molecule has 0 radical (unpaired) electrons. The predicted octanol–water partition coefficient (Wildman–Crippen LogP) is 10.8. The molecule has 0 N–H and O–H groups in total. The Bertz CT molecular complexity index is 1890. The molecule has 0 bridgehead atoms. The molecule has 0 fully saturated rings. The fraction of sp³-hybridized carbons (Fsp3) is 0. The van der Waals surface area contributed by atoms with Crippen molar-refractivity contribution in [3.8, 4) is 22.3 Å². The van der Waals surface area contributed by atoms with E-state index in [9.17, 15) is 0 Å². The average molecular weight is 498 g/mol. The molecule has 7 aromatic carbocycles. The summed E-state index contributed by atoms with van der Waals surface area (Å²) in [5, 5.41) is 5.12. The summed E-state index contributed by atoms with van der Waals surface area (Å²) in [7, 11) is 0. The van der Waals surface area contributed by atoms with Gasteiger partial charge in [-0.15, -0.1) is 0 Å². The Morgan fingerprint density at radius 3 is 1.64 bits per heavy atom. The van der Waals surface area contributed by atoms with Crippen LogP contribution in [0.15, 0.2) is 164 Å². The number of anilines is 3. The molecule has 0 aromatic heterocycles. The summed E-state index contributed by atoms with van der Waals surface area (Å²) in [4.78, 5) is 2.33. The van der Waals surface area contributed by atoms with Crippen molar-refractivity contribution in [1.82, 2.24) is 0 Å². The lowest BCUT2D eigenvalue weighted by Crippen LogP contribution is -2.09. The van der Waals surface area contributed by atoms with Gasteiger partial charge in [-0.2, -0.15) is 0 Å². The molecular formula is C38H27N. The third kappa shape index (κ3) is 4.35. The maximum Gasteiger partial charge on any atom is 0.0467 e. The van der Waals surface area contributed by atoms with E-state index in [1.165, 1.54) is 43.8 Å². The summed E-state index contributed by atoms with van der Waals surface area (Å²) in [5.41, 5.74) is 8.28. The van der Waals surface area contributed by atoms with E-state index in [4.69, 9.17) is 0 Å². The van der Waals surface area contributed by atoms with Gasteiger partial charge >= 0.3 is 0 Å². The molecule has 0 spiro atoms. The van der Waals surface area contributed by atoms with Crippen LogP contribution >= 0.6 is 0 Å². The molecule has 0 aliphatic rings. The van der Waals surface area contributed by atoms with Gasteiger partial charge in [-0.1, -0.05) is 121 Å². The summed E-state index contributed by atoms with van der Waals surface area (Å²) in [6.07, 6.45) is 0. The minimum absolute atomic E-state index is 1.13. The molecule has 1 heteroatoms. The zero-order chi connectivity index (χ0) is 26.0. The van der Waals surface area contributed by atoms with Crippen LogP contribution in [0.25, 0.3) is 43.8 Å². The standard InChI is InChI=1S/C38H27N/c1-3-12-28(13-4-1)30-15-11-18-34(26-30)39(32-16-5-2-6-17-32)33-24-22-29(23-25-33)38-27-31-14-7-8-19-35(31)36-20-9-10-21-37(36)38/h1-27H. The summed E-state index contributed by atoms with van der Waals surface area (Å²) < 4.78 is 0. The summed E-state index contributed by atoms with van der Waals surface area (Å²) >= 11 is 0. The number of fused-ring (bicyclic) bond motifs is 3. The van der Waals surface area contributed by atoms with E-state index in [-0.39, 0.29) is 0 Å². The lowest BCUT2D eigenvalue weighted by molar-refractivity contribution is 1.28. The molecule has 0 amide bonds. The SMILES string of the molecule is c1ccc(-c2cccc(N(c3ccccc3)c3ccc(-c4cc5ccccc5c5ccccc45)cc3)c2)cc1. The number of nitrogens with zero attached hydrogens (tertiary/aromatic N) is 1. The molecule has 39 heavy (non-hydrogen) atoms. The van der Waals surface area contributed by atoms with Crippen molar-refractivity contribution in [3.05, 3.63) is 164 Å². The van der Waals surface area contributed by atoms with Crippen molar-refractivity contribution >= 4 is 38.6 Å². The van der Waals surface area contributed by atoms with Crippen molar-refractivity contribution in [2.24, 2.45) is 0 Å². The van der Waals surface area contributed by atoms with Crippen molar-refractivity contribution < 1.29 is 0 Å². The number of para-hydroxylation sites is 1. The Morgan fingerprint density at radius 1 is 0.308 bits per heavy atom. The van der Waals surface area contributed by atoms with Gasteiger partial charge in [-0.3, -0.25) is 0 Å². The Hall–Kier alpha value is -5.14. The average Bonchev–Trinajstić information content (AvgIpc) is 3.02. The lowest BCUT2D eigenvalue weighted by atomic mass is 9.93. The summed E-state index contributed by atoms with van der Waals surface area (Å²) in [6.45, 7) is 0. The Balaban J connectivity index is 1.34. The smallest absolute Gasteiger partial charge is 0.0467 e. The van der Waals surface area contributed by atoms with E-state index in [0.29, 0.717) is 0 Å². The van der Waals surface area contributed by atoms with Crippen molar-refractivity contribution in [3.63, 3.8) is 0 Å². The first-order valence-electron chi connectivity index (χ1n) is 13.4. The van der Waals surface area contributed by atoms with E-state index in [1.807, 2.05) is 0 Å². The maximum absolute atomic E-state index is 2.33. The van der Waals surface area contributed by atoms with Crippen LogP contribution in [0.4, 0.5) is 17.1 Å². The van der Waals surface area contributed by atoms with E-state index in [1.54, 1.807) is 0 Å². The topological polar surface area (TPSA) is 3.24 Å². The number of benzene rings is 7. The zero-order valence-corrected chi connectivity index (χ0v) is 21.5. The molecular weight excluding hydrogens is 470 g/mol. The second-order valence-corrected chi connectivity index (χ2v) is 9.83. The van der Waals surface area contributed by atoms with Crippen LogP contribution in [-0.4, -0.2) is 0 Å². The Kier molecular flexibility index (Phi) is 5.88. The van der Waals surface area contributed by atoms with Gasteiger partial charge in [-0.05, 0) is 86.3 Å². The molecule has 0 aliphatic heterocycles. The second-order valence-electron chi connectivity index (χ2n) is 9.83. The molecule has 184 valence electrons. The van der Waals surface area contributed by atoms with Crippen molar-refractivity contribution in [2.45, 2.75) is 0 Å². The van der Waals surface area contributed by atoms with Crippen LogP contribution in [0.2, 0.25) is 0 Å². The highest BCUT2D eigenvalue weighted by molar-refractivity contribution is 6.13. The fourth-order valence-corrected chi connectivity index (χ4v) is 5.56. The largest absolute Gasteiger partial charge is 0.310 e. The lowest BCUT2D eigenvalue weighted by Gasteiger charge is -2.26. The van der Waals surface area contributed by atoms with Gasteiger partial charge in [0.25, 0.3) is 0 Å². The molecule has 0 aliphatic carbocycles. The fourth-order valence-electron chi connectivity index (χ4n) is 5.56. The van der Waals surface area contributed by atoms with Crippen LogP contribution in [0, 0.1) is 0 Å². The maximum atomic E-state index is 2.33. The molecule has 0 saturated heterocycles. The zero-order valence-electron chi connectivity index (χ0n) is 21.5. The highest BCUT2D eigenvalue weighted by Gasteiger charge is 2.14. The summed E-state index contributed by atoms with van der Waals surface area (Å²) in [5.74, 6) is 0. The minimum atomic E-state index is 1.13. The van der Waals surface area contributed by atoms with Crippen molar-refractivity contribution in [1.29, 1.82) is 0 Å². The van der Waals surface area contributed by atoms with Gasteiger partial charge in [0.1, 0.15) is 0 Å². The molecule has 7 rings (SSSR count). The molecule has 0 atom stereocenters.